The second-order valence-electron chi connectivity index (χ2n) is 6.54. The van der Waals surface area contributed by atoms with Crippen LogP contribution in [0.4, 0.5) is 4.79 Å². The van der Waals surface area contributed by atoms with E-state index in [0.29, 0.717) is 23.0 Å². The average Bonchev–Trinajstić information content (AvgIpc) is 3.05. The standard InChI is InChI=1S/C19H21N3O4/c1-11(2)16-10-14(13-6-4-5-7-15(13)21-16)18(24)26-12(3)17(23)22-9-8-20-19(22)25/h4-7,10-12H,8-9H2,1-3H3,(H,20,25). The van der Waals surface area contributed by atoms with Gasteiger partial charge in [-0.15, -0.1) is 0 Å². The highest BCUT2D eigenvalue weighted by Crippen LogP contribution is 2.23. The fourth-order valence-corrected chi connectivity index (χ4v) is 2.84. The number of pyridine rings is 1. The molecule has 1 atom stereocenters. The second-order valence-corrected chi connectivity index (χ2v) is 6.54. The number of carbonyl (C=O) groups excluding carboxylic acids is 3. The van der Waals surface area contributed by atoms with Gasteiger partial charge in [-0.25, -0.2) is 9.59 Å². The third-order valence-corrected chi connectivity index (χ3v) is 4.30. The summed E-state index contributed by atoms with van der Waals surface area (Å²) in [6.45, 7) is 6.13. The van der Waals surface area contributed by atoms with Crippen molar-refractivity contribution in [1.82, 2.24) is 15.2 Å². The van der Waals surface area contributed by atoms with Crippen molar-refractivity contribution in [2.75, 3.05) is 13.1 Å². The molecule has 1 fully saturated rings. The smallest absolute Gasteiger partial charge is 0.339 e. The van der Waals surface area contributed by atoms with Crippen LogP contribution in [0.1, 0.15) is 42.7 Å². The Hall–Kier alpha value is -2.96. The van der Waals surface area contributed by atoms with Gasteiger partial charge in [-0.3, -0.25) is 14.7 Å². The first-order valence-corrected chi connectivity index (χ1v) is 8.58. The van der Waals surface area contributed by atoms with Crippen LogP contribution in [0.3, 0.4) is 0 Å². The highest BCUT2D eigenvalue weighted by molar-refractivity contribution is 6.05. The first-order valence-electron chi connectivity index (χ1n) is 8.58. The molecule has 2 heterocycles. The number of hydrogen-bond acceptors (Lipinski definition) is 5. The third-order valence-electron chi connectivity index (χ3n) is 4.30. The van der Waals surface area contributed by atoms with E-state index in [0.717, 1.165) is 10.6 Å². The number of nitrogens with one attached hydrogen (secondary N) is 1. The Bertz CT molecular complexity index is 878. The third kappa shape index (κ3) is 3.37. The number of rotatable bonds is 4. The number of carbonyl (C=O) groups is 3. The molecule has 1 aromatic carbocycles. The van der Waals surface area contributed by atoms with Crippen LogP contribution in [0, 0.1) is 0 Å². The Labute approximate surface area is 151 Å². The van der Waals surface area contributed by atoms with Crippen LogP contribution in [0.15, 0.2) is 30.3 Å². The molecule has 7 nitrogen and oxygen atoms in total. The van der Waals surface area contributed by atoms with Crippen LogP contribution < -0.4 is 5.32 Å². The number of fused-ring (bicyclic) bond motifs is 1. The molecule has 0 spiro atoms. The minimum atomic E-state index is -1.05. The van der Waals surface area contributed by atoms with Crippen molar-refractivity contribution in [3.63, 3.8) is 0 Å². The molecular formula is C19H21N3O4. The SMILES string of the molecule is CC(OC(=O)c1cc(C(C)C)nc2ccccc12)C(=O)N1CCNC1=O. The van der Waals surface area contributed by atoms with Gasteiger partial charge in [0.1, 0.15) is 0 Å². The Balaban J connectivity index is 1.87. The summed E-state index contributed by atoms with van der Waals surface area (Å²) >= 11 is 0. The van der Waals surface area contributed by atoms with Crippen molar-refractivity contribution in [3.8, 4) is 0 Å². The van der Waals surface area contributed by atoms with Crippen LogP contribution in [0.5, 0.6) is 0 Å². The summed E-state index contributed by atoms with van der Waals surface area (Å²) in [5.41, 5.74) is 1.84. The lowest BCUT2D eigenvalue weighted by Gasteiger charge is -2.19. The maximum Gasteiger partial charge on any atom is 0.339 e. The quantitative estimate of drug-likeness (QED) is 0.851. The molecule has 7 heteroatoms. The van der Waals surface area contributed by atoms with Gasteiger partial charge in [0.05, 0.1) is 11.1 Å². The van der Waals surface area contributed by atoms with E-state index in [2.05, 4.69) is 10.3 Å². The topological polar surface area (TPSA) is 88.6 Å². The number of para-hydroxylation sites is 1. The van der Waals surface area contributed by atoms with E-state index in [1.165, 1.54) is 6.92 Å². The van der Waals surface area contributed by atoms with Crippen LogP contribution in [-0.2, 0) is 9.53 Å². The number of esters is 1. The van der Waals surface area contributed by atoms with E-state index in [4.69, 9.17) is 4.74 Å². The Morgan fingerprint density at radius 1 is 1.23 bits per heavy atom. The van der Waals surface area contributed by atoms with E-state index < -0.39 is 24.0 Å². The first kappa shape index (κ1) is 17.8. The second kappa shape index (κ2) is 7.11. The molecule has 1 aromatic heterocycles. The molecule has 0 aliphatic carbocycles. The van der Waals surface area contributed by atoms with Crippen molar-refractivity contribution in [2.24, 2.45) is 0 Å². The van der Waals surface area contributed by atoms with Crippen LogP contribution in [-0.4, -0.2) is 47.0 Å². The summed E-state index contributed by atoms with van der Waals surface area (Å²) < 4.78 is 5.36. The normalized spacial score (nSPS) is 15.2. The summed E-state index contributed by atoms with van der Waals surface area (Å²) in [6, 6.07) is 8.54. The molecule has 1 aliphatic rings. The summed E-state index contributed by atoms with van der Waals surface area (Å²) in [5.74, 6) is -1.000. The Kier molecular flexibility index (Phi) is 4.88. The number of urea groups is 1. The van der Waals surface area contributed by atoms with Crippen LogP contribution in [0.25, 0.3) is 10.9 Å². The molecule has 1 saturated heterocycles. The van der Waals surface area contributed by atoms with Gasteiger partial charge in [0, 0.05) is 24.2 Å². The number of nitrogens with zero attached hydrogens (tertiary/aromatic N) is 2. The van der Waals surface area contributed by atoms with Crippen molar-refractivity contribution in [3.05, 3.63) is 41.6 Å². The summed E-state index contributed by atoms with van der Waals surface area (Å²) in [4.78, 5) is 42.3. The highest BCUT2D eigenvalue weighted by Gasteiger charge is 2.32. The lowest BCUT2D eigenvalue weighted by molar-refractivity contribution is -0.136. The van der Waals surface area contributed by atoms with E-state index in [1.54, 1.807) is 12.1 Å². The largest absolute Gasteiger partial charge is 0.449 e. The lowest BCUT2D eigenvalue weighted by Crippen LogP contribution is -2.41. The maximum absolute atomic E-state index is 12.7. The van der Waals surface area contributed by atoms with E-state index in [9.17, 15) is 14.4 Å². The zero-order chi connectivity index (χ0) is 18.8. The molecule has 136 valence electrons. The zero-order valence-corrected chi connectivity index (χ0v) is 15.0. The van der Waals surface area contributed by atoms with Gasteiger partial charge < -0.3 is 10.1 Å². The van der Waals surface area contributed by atoms with E-state index in [-0.39, 0.29) is 12.5 Å². The molecule has 1 aliphatic heterocycles. The van der Waals surface area contributed by atoms with Crippen molar-refractivity contribution >= 4 is 28.8 Å². The molecule has 3 rings (SSSR count). The van der Waals surface area contributed by atoms with Crippen molar-refractivity contribution in [1.29, 1.82) is 0 Å². The lowest BCUT2D eigenvalue weighted by atomic mass is 10.0. The van der Waals surface area contributed by atoms with Gasteiger partial charge in [0.25, 0.3) is 5.91 Å². The van der Waals surface area contributed by atoms with Gasteiger partial charge >= 0.3 is 12.0 Å². The molecule has 1 N–H and O–H groups in total. The monoisotopic (exact) mass is 355 g/mol. The maximum atomic E-state index is 12.7. The molecule has 26 heavy (non-hydrogen) atoms. The molecule has 0 saturated carbocycles. The summed E-state index contributed by atoms with van der Waals surface area (Å²) in [5, 5.41) is 3.22. The summed E-state index contributed by atoms with van der Waals surface area (Å²) in [7, 11) is 0. The molecule has 3 amide bonds. The van der Waals surface area contributed by atoms with Gasteiger partial charge in [-0.1, -0.05) is 32.0 Å². The Morgan fingerprint density at radius 3 is 2.62 bits per heavy atom. The number of aromatic nitrogens is 1. The van der Waals surface area contributed by atoms with E-state index in [1.807, 2.05) is 32.0 Å². The fraction of sp³-hybridized carbons (Fsp3) is 0.368. The fourth-order valence-electron chi connectivity index (χ4n) is 2.84. The van der Waals surface area contributed by atoms with Gasteiger partial charge in [0.15, 0.2) is 6.10 Å². The molecular weight excluding hydrogens is 334 g/mol. The molecule has 0 bridgehead atoms. The first-order chi connectivity index (χ1) is 12.4. The van der Waals surface area contributed by atoms with Crippen molar-refractivity contribution in [2.45, 2.75) is 32.8 Å². The highest BCUT2D eigenvalue weighted by atomic mass is 16.5. The number of amides is 3. The number of ether oxygens (including phenoxy) is 1. The number of hydrogen-bond donors (Lipinski definition) is 1. The average molecular weight is 355 g/mol. The van der Waals surface area contributed by atoms with Crippen LogP contribution in [0.2, 0.25) is 0 Å². The predicted molar refractivity (Wildman–Crippen MR) is 95.8 cm³/mol. The van der Waals surface area contributed by atoms with Crippen molar-refractivity contribution < 1.29 is 19.1 Å². The summed E-state index contributed by atoms with van der Waals surface area (Å²) in [6.07, 6.45) is -1.05. The molecule has 1 unspecified atom stereocenters. The molecule has 2 aromatic rings. The molecule has 0 radical (unpaired) electrons. The van der Waals surface area contributed by atoms with E-state index >= 15 is 0 Å². The minimum Gasteiger partial charge on any atom is -0.449 e. The van der Waals surface area contributed by atoms with Gasteiger partial charge in [-0.2, -0.15) is 0 Å². The predicted octanol–water partition coefficient (Wildman–Crippen LogP) is 2.46. The van der Waals surface area contributed by atoms with Gasteiger partial charge in [-0.05, 0) is 25.0 Å². The Morgan fingerprint density at radius 2 is 1.96 bits per heavy atom. The minimum absolute atomic E-state index is 0.138. The zero-order valence-electron chi connectivity index (χ0n) is 15.0. The van der Waals surface area contributed by atoms with Crippen LogP contribution >= 0.6 is 0 Å². The number of imide groups is 1. The van der Waals surface area contributed by atoms with Gasteiger partial charge in [0.2, 0.25) is 0 Å². The number of benzene rings is 1.